The van der Waals surface area contributed by atoms with Gasteiger partial charge in [0.15, 0.2) is 0 Å². The van der Waals surface area contributed by atoms with E-state index in [2.05, 4.69) is 16.9 Å². The predicted molar refractivity (Wildman–Crippen MR) is 84.6 cm³/mol. The van der Waals surface area contributed by atoms with Crippen LogP contribution < -0.4 is 10.6 Å². The average molecular weight is 314 g/mol. The Balaban J connectivity index is 1.75. The maximum Gasteiger partial charge on any atom is 0.315 e. The van der Waals surface area contributed by atoms with Gasteiger partial charge in [0.2, 0.25) is 0 Å². The molecular weight excluding hydrogens is 288 g/mol. The molecule has 2 aliphatic rings. The first-order valence-electron chi connectivity index (χ1n) is 7.91. The molecule has 2 aliphatic carbocycles. The third-order valence-corrected chi connectivity index (χ3v) is 5.99. The Morgan fingerprint density at radius 3 is 2.62 bits per heavy atom. The lowest BCUT2D eigenvalue weighted by Gasteiger charge is -2.31. The standard InChI is InChI=1S/C15H26N2O3S/c1-21-13-8-3-2-7-12(13)17-15(20)16-9-10-5-4-6-11(10)14(18)19/h10-13H,2-9H2,1H3,(H,18,19)(H2,16,17,20). The van der Waals surface area contributed by atoms with E-state index in [0.717, 1.165) is 32.1 Å². The van der Waals surface area contributed by atoms with Crippen LogP contribution >= 0.6 is 11.8 Å². The third-order valence-electron chi connectivity index (χ3n) is 4.82. The van der Waals surface area contributed by atoms with Crippen molar-refractivity contribution in [3.05, 3.63) is 0 Å². The fourth-order valence-electron chi connectivity index (χ4n) is 3.59. The van der Waals surface area contributed by atoms with Crippen molar-refractivity contribution in [2.45, 2.75) is 56.2 Å². The molecule has 0 heterocycles. The van der Waals surface area contributed by atoms with E-state index in [1.165, 1.54) is 12.8 Å². The lowest BCUT2D eigenvalue weighted by atomic mass is 9.95. The Bertz CT molecular complexity index is 378. The number of thioether (sulfide) groups is 1. The summed E-state index contributed by atoms with van der Waals surface area (Å²) in [5.41, 5.74) is 0. The summed E-state index contributed by atoms with van der Waals surface area (Å²) < 4.78 is 0. The van der Waals surface area contributed by atoms with Crippen molar-refractivity contribution in [2.75, 3.05) is 12.8 Å². The first-order valence-corrected chi connectivity index (χ1v) is 9.20. The van der Waals surface area contributed by atoms with E-state index in [1.807, 2.05) is 11.8 Å². The zero-order valence-corrected chi connectivity index (χ0v) is 13.5. The van der Waals surface area contributed by atoms with Crippen molar-refractivity contribution in [1.29, 1.82) is 0 Å². The molecule has 2 amide bonds. The zero-order chi connectivity index (χ0) is 15.2. The fraction of sp³-hybridized carbons (Fsp3) is 0.867. The number of hydrogen-bond donors (Lipinski definition) is 3. The number of hydrogen-bond acceptors (Lipinski definition) is 3. The van der Waals surface area contributed by atoms with E-state index < -0.39 is 5.97 Å². The molecule has 3 N–H and O–H groups in total. The molecule has 0 radical (unpaired) electrons. The molecule has 0 aromatic heterocycles. The maximum atomic E-state index is 12.0. The van der Waals surface area contributed by atoms with E-state index in [9.17, 15) is 9.59 Å². The summed E-state index contributed by atoms with van der Waals surface area (Å²) in [4.78, 5) is 23.2. The number of rotatable bonds is 5. The van der Waals surface area contributed by atoms with Crippen LogP contribution in [-0.2, 0) is 4.79 Å². The summed E-state index contributed by atoms with van der Waals surface area (Å²) in [6.07, 6.45) is 9.30. The summed E-state index contributed by atoms with van der Waals surface area (Å²) in [5, 5.41) is 15.6. The van der Waals surface area contributed by atoms with Crippen molar-refractivity contribution in [1.82, 2.24) is 10.6 Å². The highest BCUT2D eigenvalue weighted by atomic mass is 32.2. The van der Waals surface area contributed by atoms with E-state index in [1.54, 1.807) is 0 Å². The first kappa shape index (κ1) is 16.5. The van der Waals surface area contributed by atoms with Crippen molar-refractivity contribution in [3.8, 4) is 0 Å². The molecule has 21 heavy (non-hydrogen) atoms. The van der Waals surface area contributed by atoms with Crippen LogP contribution in [0.4, 0.5) is 4.79 Å². The van der Waals surface area contributed by atoms with E-state index in [4.69, 9.17) is 5.11 Å². The average Bonchev–Trinajstić information content (AvgIpc) is 2.94. The summed E-state index contributed by atoms with van der Waals surface area (Å²) in [6.45, 7) is 0.472. The summed E-state index contributed by atoms with van der Waals surface area (Å²) >= 11 is 1.82. The third kappa shape index (κ3) is 4.53. The van der Waals surface area contributed by atoms with E-state index in [-0.39, 0.29) is 23.9 Å². The molecule has 2 saturated carbocycles. The number of carbonyl (C=O) groups excluding carboxylic acids is 1. The molecule has 0 aromatic rings. The van der Waals surface area contributed by atoms with Crippen LogP contribution in [0.15, 0.2) is 0 Å². The van der Waals surface area contributed by atoms with Gasteiger partial charge < -0.3 is 15.7 Å². The molecule has 0 aromatic carbocycles. The maximum absolute atomic E-state index is 12.0. The number of carbonyl (C=O) groups is 2. The number of urea groups is 1. The molecule has 0 spiro atoms. The van der Waals surface area contributed by atoms with E-state index >= 15 is 0 Å². The van der Waals surface area contributed by atoms with Crippen molar-refractivity contribution in [2.24, 2.45) is 11.8 Å². The molecule has 0 aliphatic heterocycles. The SMILES string of the molecule is CSC1CCCCC1NC(=O)NCC1CCCC1C(=O)O. The lowest BCUT2D eigenvalue weighted by molar-refractivity contribution is -0.142. The van der Waals surface area contributed by atoms with Gasteiger partial charge in [0.1, 0.15) is 0 Å². The van der Waals surface area contributed by atoms with Crippen molar-refractivity contribution >= 4 is 23.8 Å². The van der Waals surface area contributed by atoms with Crippen LogP contribution in [0.3, 0.4) is 0 Å². The number of carboxylic acids is 1. The number of aliphatic carboxylic acids is 1. The number of nitrogens with one attached hydrogen (secondary N) is 2. The topological polar surface area (TPSA) is 78.4 Å². The Labute approximate surface area is 130 Å². The summed E-state index contributed by atoms with van der Waals surface area (Å²) in [6, 6.07) is 0.101. The fourth-order valence-corrected chi connectivity index (χ4v) is 4.53. The largest absolute Gasteiger partial charge is 0.481 e. The molecular formula is C15H26N2O3S. The molecule has 0 saturated heterocycles. The zero-order valence-electron chi connectivity index (χ0n) is 12.6. The molecule has 4 atom stereocenters. The van der Waals surface area contributed by atoms with Crippen molar-refractivity contribution in [3.63, 3.8) is 0 Å². The second-order valence-electron chi connectivity index (χ2n) is 6.16. The molecule has 0 bridgehead atoms. The van der Waals surface area contributed by atoms with Gasteiger partial charge in [0.05, 0.1) is 5.92 Å². The summed E-state index contributed by atoms with van der Waals surface area (Å²) in [5.74, 6) is -0.940. The van der Waals surface area contributed by atoms with Crippen LogP contribution in [0.25, 0.3) is 0 Å². The molecule has 2 rings (SSSR count). The highest BCUT2D eigenvalue weighted by Crippen LogP contribution is 2.31. The minimum absolute atomic E-state index is 0.0796. The molecule has 5 nitrogen and oxygen atoms in total. The first-order chi connectivity index (χ1) is 10.1. The second-order valence-corrected chi connectivity index (χ2v) is 7.23. The van der Waals surface area contributed by atoms with Crippen LogP contribution in [0.5, 0.6) is 0 Å². The molecule has 120 valence electrons. The van der Waals surface area contributed by atoms with Gasteiger partial charge in [-0.25, -0.2) is 4.79 Å². The van der Waals surface area contributed by atoms with Crippen LogP contribution in [0.2, 0.25) is 0 Å². The van der Waals surface area contributed by atoms with Gasteiger partial charge in [-0.2, -0.15) is 11.8 Å². The minimum Gasteiger partial charge on any atom is -0.481 e. The highest BCUT2D eigenvalue weighted by molar-refractivity contribution is 7.99. The molecule has 2 fully saturated rings. The number of amides is 2. The Morgan fingerprint density at radius 1 is 1.14 bits per heavy atom. The Hall–Kier alpha value is -0.910. The lowest BCUT2D eigenvalue weighted by Crippen LogP contribution is -2.49. The van der Waals surface area contributed by atoms with Gasteiger partial charge in [-0.05, 0) is 37.9 Å². The normalized spacial score (nSPS) is 32.6. The predicted octanol–water partition coefficient (Wildman–Crippen LogP) is 2.46. The molecule has 6 heteroatoms. The second kappa shape index (κ2) is 7.92. The Morgan fingerprint density at radius 2 is 1.90 bits per heavy atom. The van der Waals surface area contributed by atoms with Gasteiger partial charge in [0.25, 0.3) is 0 Å². The van der Waals surface area contributed by atoms with Gasteiger partial charge in [0, 0.05) is 17.8 Å². The summed E-state index contributed by atoms with van der Waals surface area (Å²) in [7, 11) is 0. The molecule has 4 unspecified atom stereocenters. The van der Waals surface area contributed by atoms with E-state index in [0.29, 0.717) is 11.8 Å². The van der Waals surface area contributed by atoms with Gasteiger partial charge in [-0.3, -0.25) is 4.79 Å². The minimum atomic E-state index is -0.727. The smallest absolute Gasteiger partial charge is 0.315 e. The van der Waals surface area contributed by atoms with Crippen LogP contribution in [0.1, 0.15) is 44.9 Å². The van der Waals surface area contributed by atoms with Crippen LogP contribution in [-0.4, -0.2) is 41.2 Å². The monoisotopic (exact) mass is 314 g/mol. The highest BCUT2D eigenvalue weighted by Gasteiger charge is 2.33. The Kier molecular flexibility index (Phi) is 6.21. The van der Waals surface area contributed by atoms with Gasteiger partial charge in [-0.1, -0.05) is 19.3 Å². The van der Waals surface area contributed by atoms with Gasteiger partial charge in [-0.15, -0.1) is 0 Å². The van der Waals surface area contributed by atoms with Gasteiger partial charge >= 0.3 is 12.0 Å². The quantitative estimate of drug-likeness (QED) is 0.728. The van der Waals surface area contributed by atoms with Crippen LogP contribution in [0, 0.1) is 11.8 Å². The number of carboxylic acid groups (broad SMARTS) is 1. The van der Waals surface area contributed by atoms with Crippen molar-refractivity contribution < 1.29 is 14.7 Å².